The molecule has 1 aliphatic heterocycles. The maximum absolute atomic E-state index is 5.89. The van der Waals surface area contributed by atoms with Crippen molar-refractivity contribution in [1.29, 1.82) is 0 Å². The van der Waals surface area contributed by atoms with Crippen LogP contribution in [0.5, 0.6) is 0 Å². The van der Waals surface area contributed by atoms with Gasteiger partial charge in [0.1, 0.15) is 0 Å². The van der Waals surface area contributed by atoms with Crippen molar-refractivity contribution in [3.63, 3.8) is 0 Å². The van der Waals surface area contributed by atoms with Crippen LogP contribution in [0, 0.1) is 0 Å². The molecule has 0 unspecified atom stereocenters. The average molecular weight is 289 g/mol. The van der Waals surface area contributed by atoms with E-state index in [0.717, 1.165) is 30.3 Å². The molecule has 3 nitrogen and oxygen atoms in total. The van der Waals surface area contributed by atoms with E-state index >= 15 is 0 Å². The number of nitrogen functional groups attached to an aromatic ring is 1. The summed E-state index contributed by atoms with van der Waals surface area (Å²) in [6.45, 7) is 1.90. The maximum Gasteiger partial charge on any atom is 0.169 e. The van der Waals surface area contributed by atoms with Crippen molar-refractivity contribution in [3.05, 3.63) is 29.3 Å². The van der Waals surface area contributed by atoms with Crippen LogP contribution in [0.3, 0.4) is 0 Å². The Labute approximate surface area is 126 Å². The van der Waals surface area contributed by atoms with E-state index in [0.29, 0.717) is 6.04 Å². The minimum absolute atomic E-state index is 0.582. The fraction of sp³-hybridized carbons (Fsp3) is 0.562. The van der Waals surface area contributed by atoms with E-state index in [9.17, 15) is 0 Å². The zero-order valence-corrected chi connectivity index (χ0v) is 12.7. The molecule has 1 heterocycles. The van der Waals surface area contributed by atoms with Crippen LogP contribution in [0.25, 0.3) is 0 Å². The number of rotatable bonds is 1. The van der Waals surface area contributed by atoms with Crippen molar-refractivity contribution in [3.8, 4) is 0 Å². The van der Waals surface area contributed by atoms with Gasteiger partial charge in [0.15, 0.2) is 5.11 Å². The van der Waals surface area contributed by atoms with E-state index in [2.05, 4.69) is 22.3 Å². The highest BCUT2D eigenvalue weighted by molar-refractivity contribution is 7.80. The van der Waals surface area contributed by atoms with Crippen LogP contribution in [-0.4, -0.2) is 22.6 Å². The van der Waals surface area contributed by atoms with Gasteiger partial charge in [0.25, 0.3) is 0 Å². The lowest BCUT2D eigenvalue weighted by atomic mass is 9.95. The summed E-state index contributed by atoms with van der Waals surface area (Å²) in [7, 11) is 0. The number of nitrogens with zero attached hydrogens (tertiary/aromatic N) is 1. The van der Waals surface area contributed by atoms with Gasteiger partial charge in [-0.2, -0.15) is 0 Å². The highest BCUT2D eigenvalue weighted by Crippen LogP contribution is 2.22. The smallest absolute Gasteiger partial charge is 0.169 e. The molecule has 20 heavy (non-hydrogen) atoms. The summed E-state index contributed by atoms with van der Waals surface area (Å²) in [6, 6.07) is 6.82. The van der Waals surface area contributed by atoms with E-state index in [-0.39, 0.29) is 0 Å². The van der Waals surface area contributed by atoms with E-state index < -0.39 is 0 Å². The minimum Gasteiger partial charge on any atom is -0.399 e. The molecule has 108 valence electrons. The first-order chi connectivity index (χ1) is 9.72. The minimum atomic E-state index is 0.582. The number of hydrogen-bond donors (Lipinski definition) is 2. The molecule has 0 amide bonds. The molecule has 1 aromatic rings. The molecule has 0 bridgehead atoms. The third kappa shape index (κ3) is 3.06. The predicted molar refractivity (Wildman–Crippen MR) is 87.6 cm³/mol. The molecule has 0 saturated heterocycles. The van der Waals surface area contributed by atoms with E-state index in [1.165, 1.54) is 43.2 Å². The van der Waals surface area contributed by atoms with Gasteiger partial charge in [-0.25, -0.2) is 0 Å². The SMILES string of the molecule is Nc1ccc2c(c1)CN(C(=S)NC1CCCCC1)CC2. The molecule has 1 aromatic carbocycles. The molecule has 3 rings (SSSR count). The van der Waals surface area contributed by atoms with Gasteiger partial charge in [0, 0.05) is 24.8 Å². The van der Waals surface area contributed by atoms with Gasteiger partial charge in [0.05, 0.1) is 0 Å². The lowest BCUT2D eigenvalue weighted by molar-refractivity contribution is 0.357. The summed E-state index contributed by atoms with van der Waals surface area (Å²) in [4.78, 5) is 2.28. The van der Waals surface area contributed by atoms with Gasteiger partial charge in [-0.3, -0.25) is 0 Å². The van der Waals surface area contributed by atoms with Crippen LogP contribution in [0.4, 0.5) is 5.69 Å². The topological polar surface area (TPSA) is 41.3 Å². The molecular weight excluding hydrogens is 266 g/mol. The summed E-state index contributed by atoms with van der Waals surface area (Å²) in [5.74, 6) is 0. The van der Waals surface area contributed by atoms with E-state index in [1.807, 2.05) is 6.07 Å². The number of benzene rings is 1. The number of hydrogen-bond acceptors (Lipinski definition) is 2. The monoisotopic (exact) mass is 289 g/mol. The van der Waals surface area contributed by atoms with Crippen LogP contribution < -0.4 is 11.1 Å². The number of anilines is 1. The van der Waals surface area contributed by atoms with Crippen molar-refractivity contribution in [2.45, 2.75) is 51.1 Å². The Balaban J connectivity index is 1.62. The van der Waals surface area contributed by atoms with Crippen LogP contribution >= 0.6 is 12.2 Å². The molecule has 4 heteroatoms. The van der Waals surface area contributed by atoms with Crippen molar-refractivity contribution >= 4 is 23.0 Å². The van der Waals surface area contributed by atoms with E-state index in [1.54, 1.807) is 0 Å². The summed E-state index contributed by atoms with van der Waals surface area (Å²) in [5.41, 5.74) is 9.47. The fourth-order valence-electron chi connectivity index (χ4n) is 3.26. The second kappa shape index (κ2) is 6.00. The van der Waals surface area contributed by atoms with Crippen molar-refractivity contribution in [2.75, 3.05) is 12.3 Å². The van der Waals surface area contributed by atoms with Crippen molar-refractivity contribution < 1.29 is 0 Å². The first-order valence-corrected chi connectivity index (χ1v) is 8.06. The number of nitrogens with one attached hydrogen (secondary N) is 1. The fourth-order valence-corrected chi connectivity index (χ4v) is 3.59. The van der Waals surface area contributed by atoms with Gasteiger partial charge in [-0.1, -0.05) is 25.3 Å². The maximum atomic E-state index is 5.89. The number of nitrogens with two attached hydrogens (primary N) is 1. The summed E-state index contributed by atoms with van der Waals surface area (Å²) in [5, 5.41) is 4.48. The second-order valence-corrected chi connectivity index (χ2v) is 6.37. The number of fused-ring (bicyclic) bond motifs is 1. The van der Waals surface area contributed by atoms with Gasteiger partial charge in [-0.15, -0.1) is 0 Å². The normalized spacial score (nSPS) is 19.5. The molecule has 0 spiro atoms. The first-order valence-electron chi connectivity index (χ1n) is 7.65. The molecule has 0 radical (unpaired) electrons. The number of thiocarbonyl (C=S) groups is 1. The van der Waals surface area contributed by atoms with Crippen molar-refractivity contribution in [2.24, 2.45) is 0 Å². The predicted octanol–water partition coefficient (Wildman–Crippen LogP) is 2.83. The highest BCUT2D eigenvalue weighted by Gasteiger charge is 2.21. The van der Waals surface area contributed by atoms with Crippen LogP contribution in [0.2, 0.25) is 0 Å². The molecule has 1 aliphatic carbocycles. The van der Waals surface area contributed by atoms with Gasteiger partial charge in [-0.05, 0) is 54.7 Å². The summed E-state index contributed by atoms with van der Waals surface area (Å²) < 4.78 is 0. The molecule has 1 saturated carbocycles. The molecule has 3 N–H and O–H groups in total. The molecular formula is C16H23N3S. The Morgan fingerprint density at radius 3 is 2.80 bits per heavy atom. The third-order valence-corrected chi connectivity index (χ3v) is 4.84. The lowest BCUT2D eigenvalue weighted by Crippen LogP contribution is -2.47. The Bertz CT molecular complexity index is 494. The molecule has 0 atom stereocenters. The first kappa shape index (κ1) is 13.7. The zero-order valence-electron chi connectivity index (χ0n) is 11.9. The molecule has 1 fully saturated rings. The second-order valence-electron chi connectivity index (χ2n) is 5.98. The standard InChI is InChI=1S/C16H23N3S/c17-14-7-6-12-8-9-19(11-13(12)10-14)16(20)18-15-4-2-1-3-5-15/h6-7,10,15H,1-5,8-9,11,17H2,(H,18,20). The average Bonchev–Trinajstić information content (AvgIpc) is 2.47. The largest absolute Gasteiger partial charge is 0.399 e. The molecule has 0 aromatic heterocycles. The Morgan fingerprint density at radius 2 is 2.00 bits per heavy atom. The third-order valence-electron chi connectivity index (χ3n) is 4.46. The Hall–Kier alpha value is -1.29. The summed E-state index contributed by atoms with van der Waals surface area (Å²) in [6.07, 6.45) is 7.62. The lowest BCUT2D eigenvalue weighted by Gasteiger charge is -2.34. The molecule has 2 aliphatic rings. The van der Waals surface area contributed by atoms with Crippen LogP contribution in [-0.2, 0) is 13.0 Å². The van der Waals surface area contributed by atoms with Crippen LogP contribution in [0.1, 0.15) is 43.2 Å². The van der Waals surface area contributed by atoms with Crippen molar-refractivity contribution in [1.82, 2.24) is 10.2 Å². The Kier molecular flexibility index (Phi) is 4.10. The van der Waals surface area contributed by atoms with Crippen LogP contribution in [0.15, 0.2) is 18.2 Å². The van der Waals surface area contributed by atoms with E-state index in [4.69, 9.17) is 18.0 Å². The zero-order chi connectivity index (χ0) is 13.9. The van der Waals surface area contributed by atoms with Gasteiger partial charge >= 0.3 is 0 Å². The Morgan fingerprint density at radius 1 is 1.20 bits per heavy atom. The van der Waals surface area contributed by atoms with Gasteiger partial charge < -0.3 is 16.0 Å². The summed E-state index contributed by atoms with van der Waals surface area (Å²) >= 11 is 5.60. The quantitative estimate of drug-likeness (QED) is 0.616. The van der Waals surface area contributed by atoms with Gasteiger partial charge in [0.2, 0.25) is 0 Å². The highest BCUT2D eigenvalue weighted by atomic mass is 32.1.